The first-order chi connectivity index (χ1) is 8.61. The SMILES string of the molecule is COC(=O)C(NCC1CC1)c1ccc(F)cc1C. The fourth-order valence-electron chi connectivity index (χ4n) is 2.01. The first kappa shape index (κ1) is 13.0. The molecule has 1 aromatic rings. The highest BCUT2D eigenvalue weighted by molar-refractivity contribution is 5.78. The van der Waals surface area contributed by atoms with E-state index in [2.05, 4.69) is 5.32 Å². The number of hydrogen-bond acceptors (Lipinski definition) is 3. The first-order valence-electron chi connectivity index (χ1n) is 6.19. The van der Waals surface area contributed by atoms with Crippen LogP contribution in [0.5, 0.6) is 0 Å². The predicted octanol–water partition coefficient (Wildman–Crippen LogP) is 2.35. The number of rotatable bonds is 5. The number of carbonyl (C=O) groups is 1. The van der Waals surface area contributed by atoms with E-state index >= 15 is 0 Å². The number of methoxy groups -OCH3 is 1. The minimum atomic E-state index is -0.504. The molecule has 0 bridgehead atoms. The van der Waals surface area contributed by atoms with Gasteiger partial charge in [-0.1, -0.05) is 6.07 Å². The first-order valence-corrected chi connectivity index (χ1v) is 6.19. The molecular weight excluding hydrogens is 233 g/mol. The lowest BCUT2D eigenvalue weighted by atomic mass is 10.0. The minimum absolute atomic E-state index is 0.290. The molecule has 0 saturated heterocycles. The van der Waals surface area contributed by atoms with Crippen LogP contribution in [0, 0.1) is 18.7 Å². The predicted molar refractivity (Wildman–Crippen MR) is 66.6 cm³/mol. The zero-order chi connectivity index (χ0) is 13.1. The third kappa shape index (κ3) is 3.07. The highest BCUT2D eigenvalue weighted by Gasteiger charge is 2.27. The van der Waals surface area contributed by atoms with Crippen LogP contribution in [0.2, 0.25) is 0 Å². The van der Waals surface area contributed by atoms with Gasteiger partial charge >= 0.3 is 5.97 Å². The maximum Gasteiger partial charge on any atom is 0.327 e. The zero-order valence-corrected chi connectivity index (χ0v) is 10.7. The molecule has 1 aromatic carbocycles. The Morgan fingerprint density at radius 1 is 1.56 bits per heavy atom. The van der Waals surface area contributed by atoms with E-state index in [0.29, 0.717) is 5.92 Å². The van der Waals surface area contributed by atoms with Crippen molar-refractivity contribution < 1.29 is 13.9 Å². The topological polar surface area (TPSA) is 38.3 Å². The molecular formula is C14H18FNO2. The third-order valence-electron chi connectivity index (χ3n) is 3.29. The summed E-state index contributed by atoms with van der Waals surface area (Å²) in [7, 11) is 1.37. The van der Waals surface area contributed by atoms with Crippen molar-refractivity contribution in [3.8, 4) is 0 Å². The zero-order valence-electron chi connectivity index (χ0n) is 10.7. The molecule has 3 nitrogen and oxygen atoms in total. The summed E-state index contributed by atoms with van der Waals surface area (Å²) in [6.07, 6.45) is 2.42. The van der Waals surface area contributed by atoms with Gasteiger partial charge in [0, 0.05) is 0 Å². The number of ether oxygens (including phenoxy) is 1. The maximum atomic E-state index is 13.1. The fraction of sp³-hybridized carbons (Fsp3) is 0.500. The van der Waals surface area contributed by atoms with E-state index in [4.69, 9.17) is 4.74 Å². The number of esters is 1. The van der Waals surface area contributed by atoms with Crippen molar-refractivity contribution in [1.82, 2.24) is 5.32 Å². The smallest absolute Gasteiger partial charge is 0.327 e. The van der Waals surface area contributed by atoms with E-state index in [1.54, 1.807) is 13.0 Å². The van der Waals surface area contributed by atoms with E-state index in [9.17, 15) is 9.18 Å². The Morgan fingerprint density at radius 3 is 2.83 bits per heavy atom. The van der Waals surface area contributed by atoms with Gasteiger partial charge in [0.05, 0.1) is 7.11 Å². The second kappa shape index (κ2) is 5.48. The fourth-order valence-corrected chi connectivity index (χ4v) is 2.01. The van der Waals surface area contributed by atoms with Crippen LogP contribution < -0.4 is 5.32 Å². The van der Waals surface area contributed by atoms with E-state index in [0.717, 1.165) is 17.7 Å². The van der Waals surface area contributed by atoms with E-state index in [1.165, 1.54) is 32.1 Å². The molecule has 4 heteroatoms. The molecule has 0 aromatic heterocycles. The van der Waals surface area contributed by atoms with Gasteiger partial charge in [-0.2, -0.15) is 0 Å². The lowest BCUT2D eigenvalue weighted by Gasteiger charge is -2.18. The van der Waals surface area contributed by atoms with E-state index in [-0.39, 0.29) is 11.8 Å². The molecule has 0 spiro atoms. The molecule has 0 amide bonds. The van der Waals surface area contributed by atoms with Gasteiger partial charge in [0.1, 0.15) is 11.9 Å². The minimum Gasteiger partial charge on any atom is -0.468 e. The molecule has 1 saturated carbocycles. The lowest BCUT2D eigenvalue weighted by Crippen LogP contribution is -2.31. The number of halogens is 1. The molecule has 1 aliphatic rings. The van der Waals surface area contributed by atoms with Crippen molar-refractivity contribution in [3.63, 3.8) is 0 Å². The number of hydrogen-bond donors (Lipinski definition) is 1. The Hall–Kier alpha value is -1.42. The van der Waals surface area contributed by atoms with E-state index in [1.807, 2.05) is 0 Å². The van der Waals surface area contributed by atoms with Crippen molar-refractivity contribution in [3.05, 3.63) is 35.1 Å². The molecule has 18 heavy (non-hydrogen) atoms. The number of nitrogens with one attached hydrogen (secondary N) is 1. The molecule has 1 atom stereocenters. The second-order valence-electron chi connectivity index (χ2n) is 4.81. The van der Waals surface area contributed by atoms with Crippen LogP contribution in [0.25, 0.3) is 0 Å². The lowest BCUT2D eigenvalue weighted by molar-refractivity contribution is -0.143. The van der Waals surface area contributed by atoms with Crippen LogP contribution >= 0.6 is 0 Å². The Balaban J connectivity index is 2.17. The Labute approximate surface area is 106 Å². The Morgan fingerprint density at radius 2 is 2.28 bits per heavy atom. The summed E-state index contributed by atoms with van der Waals surface area (Å²) in [4.78, 5) is 11.8. The van der Waals surface area contributed by atoms with Crippen molar-refractivity contribution in [1.29, 1.82) is 0 Å². The van der Waals surface area contributed by atoms with Gasteiger partial charge in [-0.05, 0) is 55.5 Å². The average molecular weight is 251 g/mol. The van der Waals surface area contributed by atoms with Gasteiger partial charge in [-0.25, -0.2) is 9.18 Å². The highest BCUT2D eigenvalue weighted by Crippen LogP contribution is 2.29. The van der Waals surface area contributed by atoms with Gasteiger partial charge < -0.3 is 10.1 Å². The Bertz CT molecular complexity index is 443. The molecule has 0 heterocycles. The standard InChI is InChI=1S/C14H18FNO2/c1-9-7-11(15)5-6-12(9)13(14(17)18-2)16-8-10-3-4-10/h5-7,10,13,16H,3-4,8H2,1-2H3. The summed E-state index contributed by atoms with van der Waals surface area (Å²) in [5.74, 6) is 0.0466. The summed E-state index contributed by atoms with van der Waals surface area (Å²) in [5.41, 5.74) is 1.54. The van der Waals surface area contributed by atoms with Crippen molar-refractivity contribution in [2.75, 3.05) is 13.7 Å². The summed E-state index contributed by atoms with van der Waals surface area (Å²) < 4.78 is 17.9. The monoisotopic (exact) mass is 251 g/mol. The summed E-state index contributed by atoms with van der Waals surface area (Å²) in [6, 6.07) is 3.95. The number of benzene rings is 1. The molecule has 0 radical (unpaired) electrons. The molecule has 0 aliphatic heterocycles. The summed E-state index contributed by atoms with van der Waals surface area (Å²) >= 11 is 0. The van der Waals surface area contributed by atoms with Crippen molar-refractivity contribution in [2.24, 2.45) is 5.92 Å². The quantitative estimate of drug-likeness (QED) is 0.816. The molecule has 98 valence electrons. The van der Waals surface area contributed by atoms with Gasteiger partial charge in [0.25, 0.3) is 0 Å². The highest BCUT2D eigenvalue weighted by atomic mass is 19.1. The average Bonchev–Trinajstić information content (AvgIpc) is 3.15. The van der Waals surface area contributed by atoms with Gasteiger partial charge in [0.15, 0.2) is 0 Å². The van der Waals surface area contributed by atoms with Crippen LogP contribution in [0.1, 0.15) is 30.0 Å². The van der Waals surface area contributed by atoms with E-state index < -0.39 is 6.04 Å². The summed E-state index contributed by atoms with van der Waals surface area (Å²) in [6.45, 7) is 2.60. The van der Waals surface area contributed by atoms with Gasteiger partial charge in [-0.3, -0.25) is 0 Å². The molecule has 1 N–H and O–H groups in total. The molecule has 1 fully saturated rings. The van der Waals surface area contributed by atoms with Gasteiger partial charge in [0.2, 0.25) is 0 Å². The van der Waals surface area contributed by atoms with Crippen LogP contribution in [0.15, 0.2) is 18.2 Å². The largest absolute Gasteiger partial charge is 0.468 e. The molecule has 2 rings (SSSR count). The van der Waals surface area contributed by atoms with Crippen LogP contribution in [0.3, 0.4) is 0 Å². The molecule has 1 unspecified atom stereocenters. The van der Waals surface area contributed by atoms with Crippen LogP contribution in [-0.2, 0) is 9.53 Å². The van der Waals surface area contributed by atoms with Crippen molar-refractivity contribution >= 4 is 5.97 Å². The Kier molecular flexibility index (Phi) is 3.97. The third-order valence-corrected chi connectivity index (χ3v) is 3.29. The number of carbonyl (C=O) groups excluding carboxylic acids is 1. The van der Waals surface area contributed by atoms with Crippen molar-refractivity contribution in [2.45, 2.75) is 25.8 Å². The molecule has 1 aliphatic carbocycles. The normalized spacial score (nSPS) is 16.4. The maximum absolute atomic E-state index is 13.1. The second-order valence-corrected chi connectivity index (χ2v) is 4.81. The van der Waals surface area contributed by atoms with Gasteiger partial charge in [-0.15, -0.1) is 0 Å². The van der Waals surface area contributed by atoms with Crippen LogP contribution in [-0.4, -0.2) is 19.6 Å². The number of aryl methyl sites for hydroxylation is 1. The van der Waals surface area contributed by atoms with Crippen LogP contribution in [0.4, 0.5) is 4.39 Å². The summed E-state index contributed by atoms with van der Waals surface area (Å²) in [5, 5.41) is 3.21.